The Morgan fingerprint density at radius 3 is 2.51 bits per heavy atom. The van der Waals surface area contributed by atoms with Crippen LogP contribution in [0.2, 0.25) is 0 Å². The van der Waals surface area contributed by atoms with E-state index in [0.29, 0.717) is 49.8 Å². The number of likely N-dealkylation sites (tertiary alicyclic amines) is 1. The lowest BCUT2D eigenvalue weighted by Gasteiger charge is -2.36. The van der Waals surface area contributed by atoms with Gasteiger partial charge in [0, 0.05) is 52.8 Å². The largest absolute Gasteiger partial charge is 0.444 e. The van der Waals surface area contributed by atoms with Crippen LogP contribution >= 0.6 is 0 Å². The van der Waals surface area contributed by atoms with Crippen molar-refractivity contribution < 1.29 is 19.2 Å². The summed E-state index contributed by atoms with van der Waals surface area (Å²) in [6.45, 7) is 8.91. The highest BCUT2D eigenvalue weighted by Crippen LogP contribution is 2.35. The predicted molar refractivity (Wildman–Crippen MR) is 130 cm³/mol. The van der Waals surface area contributed by atoms with E-state index in [1.54, 1.807) is 58.2 Å². The van der Waals surface area contributed by atoms with Crippen molar-refractivity contribution in [3.8, 4) is 0 Å². The summed E-state index contributed by atoms with van der Waals surface area (Å²) in [7, 11) is 3.57. The third kappa shape index (κ3) is 5.00. The first-order valence-corrected chi connectivity index (χ1v) is 11.8. The molecule has 2 amide bonds. The number of amidine groups is 1. The van der Waals surface area contributed by atoms with Crippen molar-refractivity contribution in [2.24, 2.45) is 12.0 Å². The maximum atomic E-state index is 13.3. The fourth-order valence-corrected chi connectivity index (χ4v) is 4.25. The third-order valence-electron chi connectivity index (χ3n) is 6.04. The molecule has 2 aliphatic heterocycles. The summed E-state index contributed by atoms with van der Waals surface area (Å²) in [5, 5.41) is 1.60. The Bertz CT molecular complexity index is 1110. The number of nitrogens with zero attached hydrogens (tertiary/aromatic N) is 7. The van der Waals surface area contributed by atoms with Gasteiger partial charge in [-0.05, 0) is 39.8 Å². The first kappa shape index (κ1) is 24.6. The molecule has 11 heteroatoms. The summed E-state index contributed by atoms with van der Waals surface area (Å²) < 4.78 is 7.22. The van der Waals surface area contributed by atoms with E-state index in [1.807, 2.05) is 33.8 Å². The van der Waals surface area contributed by atoms with Gasteiger partial charge in [0.1, 0.15) is 11.3 Å². The van der Waals surface area contributed by atoms with Crippen molar-refractivity contribution in [2.75, 3.05) is 31.6 Å². The van der Waals surface area contributed by atoms with Crippen molar-refractivity contribution in [3.63, 3.8) is 0 Å². The summed E-state index contributed by atoms with van der Waals surface area (Å²) in [5.41, 5.74) is -0.164. The van der Waals surface area contributed by atoms with E-state index in [0.717, 1.165) is 5.69 Å². The minimum Gasteiger partial charge on any atom is -0.444 e. The molecule has 0 unspecified atom stereocenters. The minimum atomic E-state index is -0.774. The van der Waals surface area contributed by atoms with E-state index in [9.17, 15) is 9.59 Å². The molecule has 4 heterocycles. The van der Waals surface area contributed by atoms with E-state index >= 15 is 0 Å². The van der Waals surface area contributed by atoms with Crippen molar-refractivity contribution in [1.29, 1.82) is 0 Å². The molecule has 0 atom stereocenters. The van der Waals surface area contributed by atoms with Crippen LogP contribution in [0.4, 0.5) is 10.5 Å². The molecular weight excluding hydrogens is 450 g/mol. The number of pyridine rings is 1. The van der Waals surface area contributed by atoms with Crippen molar-refractivity contribution in [1.82, 2.24) is 24.5 Å². The van der Waals surface area contributed by atoms with Gasteiger partial charge in [-0.25, -0.2) is 24.7 Å². The Morgan fingerprint density at radius 2 is 1.91 bits per heavy atom. The van der Waals surface area contributed by atoms with Gasteiger partial charge in [-0.15, -0.1) is 0 Å². The molecule has 0 saturated carbocycles. The normalized spacial score (nSPS) is 17.5. The quantitative estimate of drug-likeness (QED) is 0.658. The van der Waals surface area contributed by atoms with Crippen molar-refractivity contribution in [3.05, 3.63) is 42.2 Å². The van der Waals surface area contributed by atoms with E-state index < -0.39 is 11.3 Å². The Kier molecular flexibility index (Phi) is 6.54. The number of hydrogen-bond acceptors (Lipinski definition) is 8. The van der Waals surface area contributed by atoms with Gasteiger partial charge in [0.25, 0.3) is 5.91 Å². The van der Waals surface area contributed by atoms with Crippen LogP contribution in [0.15, 0.2) is 35.7 Å². The lowest BCUT2D eigenvalue weighted by molar-refractivity contribution is -0.183. The van der Waals surface area contributed by atoms with Crippen LogP contribution in [0.1, 0.15) is 56.8 Å². The predicted octanol–water partition coefficient (Wildman–Crippen LogP) is 2.83. The second kappa shape index (κ2) is 9.29. The molecule has 1 fully saturated rings. The zero-order chi connectivity index (χ0) is 25.4. The summed E-state index contributed by atoms with van der Waals surface area (Å²) >= 11 is 0. The van der Waals surface area contributed by atoms with Gasteiger partial charge in [-0.3, -0.25) is 9.78 Å². The van der Waals surface area contributed by atoms with Crippen LogP contribution in [0.5, 0.6) is 0 Å². The SMILES string of the molecule is CCN(C(=O)c1cnc(C2=NC3(CCN(C(=O)OC(C)(C)C)CC3)ON2C)n1C)c1cccnc1. The van der Waals surface area contributed by atoms with Crippen LogP contribution in [-0.4, -0.2) is 80.3 Å². The Labute approximate surface area is 205 Å². The third-order valence-corrected chi connectivity index (χ3v) is 6.04. The zero-order valence-corrected chi connectivity index (χ0v) is 21.2. The number of piperidine rings is 1. The number of amides is 2. The standard InChI is InChI=1S/C24H33N7O4/c1-7-31(17-9-8-12-25-15-17)21(32)18-16-26-19(28(18)5)20-27-24(35-29(20)6)10-13-30(14-11-24)22(33)34-23(2,3)4/h8-9,12,15-16H,7,10-11,13-14H2,1-6H3. The molecule has 0 aliphatic carbocycles. The van der Waals surface area contributed by atoms with Crippen LogP contribution in [0.3, 0.4) is 0 Å². The Hall–Kier alpha value is -3.47. The molecule has 2 aromatic rings. The fourth-order valence-electron chi connectivity index (χ4n) is 4.25. The van der Waals surface area contributed by atoms with E-state index in [4.69, 9.17) is 14.6 Å². The van der Waals surface area contributed by atoms with E-state index in [2.05, 4.69) is 9.97 Å². The minimum absolute atomic E-state index is 0.177. The van der Waals surface area contributed by atoms with Gasteiger partial charge in [0.2, 0.25) is 0 Å². The number of ether oxygens (including phenoxy) is 1. The number of hydrogen-bond donors (Lipinski definition) is 0. The number of hydroxylamine groups is 2. The molecule has 1 spiro atoms. The summed E-state index contributed by atoms with van der Waals surface area (Å²) in [4.78, 5) is 48.7. The maximum absolute atomic E-state index is 13.3. The van der Waals surface area contributed by atoms with Gasteiger partial charge in [-0.2, -0.15) is 0 Å². The fraction of sp³-hybridized carbons (Fsp3) is 0.542. The number of anilines is 1. The van der Waals surface area contributed by atoms with Gasteiger partial charge >= 0.3 is 6.09 Å². The molecule has 35 heavy (non-hydrogen) atoms. The van der Waals surface area contributed by atoms with Gasteiger partial charge in [-0.1, -0.05) is 0 Å². The number of carbonyl (C=O) groups is 2. The molecule has 188 valence electrons. The first-order chi connectivity index (χ1) is 16.5. The molecule has 1 saturated heterocycles. The maximum Gasteiger partial charge on any atom is 0.410 e. The molecule has 0 aromatic carbocycles. The molecule has 2 aliphatic rings. The summed E-state index contributed by atoms with van der Waals surface area (Å²) in [6, 6.07) is 3.65. The highest BCUT2D eigenvalue weighted by molar-refractivity contribution is 6.06. The van der Waals surface area contributed by atoms with Gasteiger partial charge in [0.05, 0.1) is 18.1 Å². The number of rotatable bonds is 4. The van der Waals surface area contributed by atoms with Gasteiger partial charge in [0.15, 0.2) is 17.4 Å². The highest BCUT2D eigenvalue weighted by atomic mass is 16.7. The second-order valence-corrected chi connectivity index (χ2v) is 9.72. The monoisotopic (exact) mass is 483 g/mol. The van der Waals surface area contributed by atoms with E-state index in [-0.39, 0.29) is 12.0 Å². The van der Waals surface area contributed by atoms with Crippen LogP contribution in [0, 0.1) is 0 Å². The Morgan fingerprint density at radius 1 is 1.20 bits per heavy atom. The molecule has 0 radical (unpaired) electrons. The first-order valence-electron chi connectivity index (χ1n) is 11.8. The number of imidazole rings is 1. The molecular formula is C24H33N7O4. The molecule has 0 bridgehead atoms. The van der Waals surface area contributed by atoms with Crippen LogP contribution < -0.4 is 4.90 Å². The van der Waals surface area contributed by atoms with Crippen molar-refractivity contribution in [2.45, 2.75) is 51.9 Å². The average Bonchev–Trinajstić information content (AvgIpc) is 3.33. The number of aliphatic imine (C=N–C) groups is 1. The lowest BCUT2D eigenvalue weighted by atomic mass is 10.0. The van der Waals surface area contributed by atoms with Crippen LogP contribution in [0.25, 0.3) is 0 Å². The number of aromatic nitrogens is 3. The van der Waals surface area contributed by atoms with E-state index in [1.165, 1.54) is 0 Å². The number of carbonyl (C=O) groups excluding carboxylic acids is 2. The smallest absolute Gasteiger partial charge is 0.410 e. The summed E-state index contributed by atoms with van der Waals surface area (Å²) in [5.74, 6) is 0.899. The molecule has 0 N–H and O–H groups in total. The second-order valence-electron chi connectivity index (χ2n) is 9.72. The van der Waals surface area contributed by atoms with Crippen molar-refractivity contribution >= 4 is 23.5 Å². The highest BCUT2D eigenvalue weighted by Gasteiger charge is 2.45. The Balaban J connectivity index is 1.51. The zero-order valence-electron chi connectivity index (χ0n) is 21.2. The average molecular weight is 484 g/mol. The molecule has 2 aromatic heterocycles. The summed E-state index contributed by atoms with van der Waals surface area (Å²) in [6.07, 6.45) is 5.62. The topological polar surface area (TPSA) is 105 Å². The molecule has 11 nitrogen and oxygen atoms in total. The van der Waals surface area contributed by atoms with Crippen LogP contribution in [-0.2, 0) is 16.6 Å². The van der Waals surface area contributed by atoms with Gasteiger partial charge < -0.3 is 19.1 Å². The lowest BCUT2D eigenvalue weighted by Crippen LogP contribution is -2.48. The molecule has 4 rings (SSSR count).